The van der Waals surface area contributed by atoms with E-state index in [1.165, 1.54) is 19.2 Å². The molecular formula is C18H22FN3O2. The lowest BCUT2D eigenvalue weighted by molar-refractivity contribution is 0.0613. The van der Waals surface area contributed by atoms with Gasteiger partial charge in [-0.25, -0.2) is 9.07 Å². The summed E-state index contributed by atoms with van der Waals surface area (Å²) < 4.78 is 20.0. The highest BCUT2D eigenvalue weighted by Crippen LogP contribution is 2.26. The van der Waals surface area contributed by atoms with Crippen LogP contribution in [0.1, 0.15) is 30.8 Å². The molecule has 0 aliphatic carbocycles. The molecule has 3 rings (SSSR count). The Kier molecular flexibility index (Phi) is 4.55. The first-order valence-corrected chi connectivity index (χ1v) is 8.16. The van der Waals surface area contributed by atoms with Gasteiger partial charge in [0, 0.05) is 13.1 Å². The van der Waals surface area contributed by atoms with Crippen molar-refractivity contribution in [2.75, 3.05) is 20.2 Å². The third-order valence-corrected chi connectivity index (χ3v) is 4.35. The monoisotopic (exact) mass is 331 g/mol. The van der Waals surface area contributed by atoms with Crippen molar-refractivity contribution in [3.8, 4) is 11.4 Å². The molecule has 0 saturated carbocycles. The maximum Gasteiger partial charge on any atom is 0.278 e. The average Bonchev–Trinajstić information content (AvgIpc) is 2.98. The van der Waals surface area contributed by atoms with E-state index >= 15 is 0 Å². The normalized spacial score (nSPS) is 20.9. The number of rotatable bonds is 3. The highest BCUT2D eigenvalue weighted by Gasteiger charge is 2.29. The third-order valence-electron chi connectivity index (χ3n) is 4.35. The van der Waals surface area contributed by atoms with Gasteiger partial charge in [0.1, 0.15) is 5.82 Å². The molecule has 2 heterocycles. The Bertz CT molecular complexity index is 716. The molecule has 2 aromatic rings. The number of ether oxygens (including phenoxy) is 1. The number of aromatic nitrogens is 2. The van der Waals surface area contributed by atoms with Crippen LogP contribution in [-0.2, 0) is 0 Å². The lowest BCUT2D eigenvalue weighted by atomic mass is 9.92. The fourth-order valence-electron chi connectivity index (χ4n) is 3.36. The highest BCUT2D eigenvalue weighted by atomic mass is 19.1. The second kappa shape index (κ2) is 6.63. The minimum atomic E-state index is -0.314. The van der Waals surface area contributed by atoms with E-state index in [9.17, 15) is 9.18 Å². The van der Waals surface area contributed by atoms with Crippen molar-refractivity contribution in [3.05, 3.63) is 42.0 Å². The average molecular weight is 331 g/mol. The van der Waals surface area contributed by atoms with Crippen LogP contribution in [0.2, 0.25) is 0 Å². The SMILES string of the molecule is COc1cn(-c2ccc(F)cc2)nc1C(=O)N1CC(C)CC(C)C1. The molecule has 1 aliphatic heterocycles. The molecule has 0 radical (unpaired) electrons. The number of carbonyl (C=O) groups excluding carboxylic acids is 1. The zero-order valence-corrected chi connectivity index (χ0v) is 14.2. The molecule has 1 saturated heterocycles. The van der Waals surface area contributed by atoms with Crippen LogP contribution in [-0.4, -0.2) is 40.8 Å². The van der Waals surface area contributed by atoms with E-state index in [-0.39, 0.29) is 11.7 Å². The minimum Gasteiger partial charge on any atom is -0.493 e. The molecule has 1 fully saturated rings. The molecule has 1 aromatic heterocycles. The second-order valence-corrected chi connectivity index (χ2v) is 6.62. The van der Waals surface area contributed by atoms with Crippen LogP contribution in [0.5, 0.6) is 5.75 Å². The highest BCUT2D eigenvalue weighted by molar-refractivity contribution is 5.95. The number of hydrogen-bond donors (Lipinski definition) is 0. The number of carbonyl (C=O) groups is 1. The smallest absolute Gasteiger partial charge is 0.278 e. The van der Waals surface area contributed by atoms with Gasteiger partial charge in [-0.1, -0.05) is 13.8 Å². The second-order valence-electron chi connectivity index (χ2n) is 6.62. The van der Waals surface area contributed by atoms with E-state index in [4.69, 9.17) is 4.74 Å². The number of methoxy groups -OCH3 is 1. The fraction of sp³-hybridized carbons (Fsp3) is 0.444. The van der Waals surface area contributed by atoms with Gasteiger partial charge < -0.3 is 9.64 Å². The van der Waals surface area contributed by atoms with Gasteiger partial charge >= 0.3 is 0 Å². The van der Waals surface area contributed by atoms with Crippen LogP contribution in [0.15, 0.2) is 30.5 Å². The van der Waals surface area contributed by atoms with Crippen LogP contribution in [0.3, 0.4) is 0 Å². The summed E-state index contributed by atoms with van der Waals surface area (Å²) in [6.45, 7) is 5.78. The molecule has 24 heavy (non-hydrogen) atoms. The number of piperidine rings is 1. The first-order chi connectivity index (χ1) is 11.5. The van der Waals surface area contributed by atoms with Crippen LogP contribution in [0, 0.1) is 17.7 Å². The van der Waals surface area contributed by atoms with Gasteiger partial charge in [0.2, 0.25) is 0 Å². The van der Waals surface area contributed by atoms with Crippen LogP contribution in [0.25, 0.3) is 5.69 Å². The number of amides is 1. The zero-order valence-electron chi connectivity index (χ0n) is 14.2. The van der Waals surface area contributed by atoms with Gasteiger partial charge in [0.15, 0.2) is 11.4 Å². The molecule has 1 amide bonds. The summed E-state index contributed by atoms with van der Waals surface area (Å²) in [7, 11) is 1.52. The van der Waals surface area contributed by atoms with Crippen molar-refractivity contribution < 1.29 is 13.9 Å². The minimum absolute atomic E-state index is 0.119. The van der Waals surface area contributed by atoms with E-state index in [1.54, 1.807) is 23.0 Å². The molecule has 2 atom stereocenters. The number of benzene rings is 1. The van der Waals surface area contributed by atoms with E-state index in [0.29, 0.717) is 29.0 Å². The molecule has 0 spiro atoms. The Morgan fingerprint density at radius 2 is 1.83 bits per heavy atom. The van der Waals surface area contributed by atoms with Crippen molar-refractivity contribution in [3.63, 3.8) is 0 Å². The summed E-state index contributed by atoms with van der Waals surface area (Å²) in [6, 6.07) is 5.94. The van der Waals surface area contributed by atoms with Gasteiger partial charge in [-0.15, -0.1) is 0 Å². The van der Waals surface area contributed by atoms with Gasteiger partial charge in [0.25, 0.3) is 5.91 Å². The first-order valence-electron chi connectivity index (χ1n) is 8.16. The van der Waals surface area contributed by atoms with Gasteiger partial charge in [-0.2, -0.15) is 5.10 Å². The molecule has 1 aliphatic rings. The molecule has 0 bridgehead atoms. The maximum atomic E-state index is 13.1. The zero-order chi connectivity index (χ0) is 17.3. The van der Waals surface area contributed by atoms with E-state index in [2.05, 4.69) is 18.9 Å². The van der Waals surface area contributed by atoms with E-state index in [1.807, 2.05) is 4.90 Å². The molecule has 5 nitrogen and oxygen atoms in total. The molecule has 0 N–H and O–H groups in total. The van der Waals surface area contributed by atoms with Crippen molar-refractivity contribution in [1.82, 2.24) is 14.7 Å². The van der Waals surface area contributed by atoms with Gasteiger partial charge in [0.05, 0.1) is 19.0 Å². The molecule has 2 unspecified atom stereocenters. The Morgan fingerprint density at radius 3 is 2.42 bits per heavy atom. The molecular weight excluding hydrogens is 309 g/mol. The number of nitrogens with zero attached hydrogens (tertiary/aromatic N) is 3. The molecule has 128 valence electrons. The Balaban J connectivity index is 1.89. The topological polar surface area (TPSA) is 47.4 Å². The van der Waals surface area contributed by atoms with Crippen molar-refractivity contribution in [2.24, 2.45) is 11.8 Å². The summed E-state index contributed by atoms with van der Waals surface area (Å²) in [6.07, 6.45) is 2.78. The quantitative estimate of drug-likeness (QED) is 0.868. The summed E-state index contributed by atoms with van der Waals surface area (Å²) >= 11 is 0. The standard InChI is InChI=1S/C18H22FN3O2/c1-12-8-13(2)10-21(9-12)18(23)17-16(24-3)11-22(20-17)15-6-4-14(19)5-7-15/h4-7,11-13H,8-10H2,1-3H3. The van der Waals surface area contributed by atoms with E-state index in [0.717, 1.165) is 19.5 Å². The number of likely N-dealkylation sites (tertiary alicyclic amines) is 1. The largest absolute Gasteiger partial charge is 0.493 e. The molecule has 1 aromatic carbocycles. The van der Waals surface area contributed by atoms with Crippen molar-refractivity contribution >= 4 is 5.91 Å². The molecule has 6 heteroatoms. The van der Waals surface area contributed by atoms with Crippen molar-refractivity contribution in [2.45, 2.75) is 20.3 Å². The fourth-order valence-corrected chi connectivity index (χ4v) is 3.36. The predicted molar refractivity (Wildman–Crippen MR) is 88.9 cm³/mol. The first kappa shape index (κ1) is 16.5. The van der Waals surface area contributed by atoms with Crippen LogP contribution >= 0.6 is 0 Å². The number of hydrogen-bond acceptors (Lipinski definition) is 3. The predicted octanol–water partition coefficient (Wildman–Crippen LogP) is 3.14. The third kappa shape index (κ3) is 3.27. The lowest BCUT2D eigenvalue weighted by Gasteiger charge is -2.34. The lowest BCUT2D eigenvalue weighted by Crippen LogP contribution is -2.42. The summed E-state index contributed by atoms with van der Waals surface area (Å²) in [5.41, 5.74) is 0.970. The summed E-state index contributed by atoms with van der Waals surface area (Å²) in [5.74, 6) is 0.942. The van der Waals surface area contributed by atoms with Gasteiger partial charge in [-0.3, -0.25) is 4.79 Å². The summed E-state index contributed by atoms with van der Waals surface area (Å²) in [4.78, 5) is 14.7. The summed E-state index contributed by atoms with van der Waals surface area (Å²) in [5, 5.41) is 4.38. The van der Waals surface area contributed by atoms with Crippen LogP contribution in [0.4, 0.5) is 4.39 Å². The Hall–Kier alpha value is -2.37. The van der Waals surface area contributed by atoms with E-state index < -0.39 is 0 Å². The Labute approximate surface area is 141 Å². The van der Waals surface area contributed by atoms with Gasteiger partial charge in [-0.05, 0) is 42.5 Å². The Morgan fingerprint density at radius 1 is 1.21 bits per heavy atom. The maximum absolute atomic E-state index is 13.1. The van der Waals surface area contributed by atoms with Crippen molar-refractivity contribution in [1.29, 1.82) is 0 Å². The van der Waals surface area contributed by atoms with Crippen LogP contribution < -0.4 is 4.74 Å². The number of halogens is 1.